The molecule has 71 heavy (non-hydrogen) atoms. The maximum Gasteiger partial charge on any atom is 0.410 e. The molecular weight excluding hydrogens is 921 g/mol. The van der Waals surface area contributed by atoms with E-state index in [4.69, 9.17) is 35.0 Å². The van der Waals surface area contributed by atoms with E-state index in [0.717, 1.165) is 56.2 Å². The van der Waals surface area contributed by atoms with E-state index in [1.807, 2.05) is 102 Å². The molecule has 4 N–H and O–H groups in total. The Bertz CT molecular complexity index is 2090. The quantitative estimate of drug-likeness (QED) is 0.185. The Morgan fingerprint density at radius 3 is 1.49 bits per heavy atom. The van der Waals surface area contributed by atoms with Crippen molar-refractivity contribution in [1.29, 1.82) is 0 Å². The number of carboxylic acids is 1. The predicted octanol–water partition coefficient (Wildman–Crippen LogP) is 6.36. The Hall–Kier alpha value is -5.74. The summed E-state index contributed by atoms with van der Waals surface area (Å²) in [5, 5.41) is 11.9. The zero-order valence-corrected chi connectivity index (χ0v) is 42.1. The number of fused-ring (bicyclic) bond motifs is 4. The standard InChI is InChI=1S/C25H36N4O6.C14H16N2O4.C11H22N2O3/c1-25(2,3)35-24(32)27-14-8-7-11-20(27)17-33-26-22(30)21-13-12-19-15-28(21)23(31)29(19)34-16-18-9-5-4-6-10-18;17-13(18)12-7-6-11-8-15(12)14(19)16(11)20-9-10-4-2-1-3-5-10;1-11(2,3)16-10(14)13-7-5-4-6-9(13)8-15-12/h4-6,9-10,19-21H,7-8,11-17H2,1-3H3,(H,26,30);1-5,11-12H,6-9H2,(H,17,18);9H,4-8,12H2,1-3H3/t19-,20-,21+;11-,12+;9-/m111/s1. The van der Waals surface area contributed by atoms with E-state index in [9.17, 15) is 28.8 Å². The summed E-state index contributed by atoms with van der Waals surface area (Å²) in [7, 11) is 0. The lowest BCUT2D eigenvalue weighted by molar-refractivity contribution is -0.143. The Morgan fingerprint density at radius 2 is 1.06 bits per heavy atom. The summed E-state index contributed by atoms with van der Waals surface area (Å²) in [5.41, 5.74) is 3.43. The topological polar surface area (TPSA) is 236 Å². The van der Waals surface area contributed by atoms with Crippen LogP contribution < -0.4 is 11.4 Å². The first-order valence-electron chi connectivity index (χ1n) is 24.8. The van der Waals surface area contributed by atoms with Crippen LogP contribution in [0, 0.1) is 0 Å². The number of carboxylic acid groups (broad SMARTS) is 1. The number of ether oxygens (including phenoxy) is 2. The van der Waals surface area contributed by atoms with Gasteiger partial charge in [-0.2, -0.15) is 10.1 Å². The van der Waals surface area contributed by atoms with Gasteiger partial charge < -0.3 is 39.0 Å². The van der Waals surface area contributed by atoms with Crippen molar-refractivity contribution < 1.29 is 62.7 Å². The lowest BCUT2D eigenvalue weighted by atomic mass is 10.0. The van der Waals surface area contributed by atoms with E-state index >= 15 is 0 Å². The van der Waals surface area contributed by atoms with Gasteiger partial charge in [0.2, 0.25) is 0 Å². The smallest absolute Gasteiger partial charge is 0.410 e. The SMILES string of the molecule is CC(C)(C)OC(=O)N1CCCC[C@@H]1CON.CC(C)(C)OC(=O)N1CCCC[C@@H]1CONC(=O)[C@@H]1CC[C@@H]2CN1C(=O)N2OCc1ccccc1.O=C(O)[C@@H]1CC[C@@H]2CN1C(=O)N2OCc1ccccc1. The van der Waals surface area contributed by atoms with Gasteiger partial charge in [0.05, 0.1) is 37.4 Å². The third kappa shape index (κ3) is 15.4. The van der Waals surface area contributed by atoms with Gasteiger partial charge in [-0.15, -0.1) is 0 Å². The number of rotatable bonds is 13. The van der Waals surface area contributed by atoms with Crippen molar-refractivity contribution in [3.8, 4) is 0 Å². The second-order valence-electron chi connectivity index (χ2n) is 20.6. The fraction of sp³-hybridized carbons (Fsp3) is 0.640. The minimum atomic E-state index is -0.943. The zero-order chi connectivity index (χ0) is 51.3. The van der Waals surface area contributed by atoms with Crippen LogP contribution in [0.3, 0.4) is 0 Å². The average molecular weight is 995 g/mol. The molecule has 2 aromatic rings. The van der Waals surface area contributed by atoms with Gasteiger partial charge in [0.15, 0.2) is 0 Å². The molecule has 4 bridgehead atoms. The first-order valence-corrected chi connectivity index (χ1v) is 24.8. The molecule has 392 valence electrons. The number of aliphatic carboxylic acids is 1. The van der Waals surface area contributed by atoms with Crippen LogP contribution >= 0.6 is 0 Å². The predicted molar refractivity (Wildman–Crippen MR) is 257 cm³/mol. The minimum absolute atomic E-state index is 0.0400. The molecule has 6 saturated heterocycles. The van der Waals surface area contributed by atoms with Crippen molar-refractivity contribution in [2.75, 3.05) is 39.4 Å². The minimum Gasteiger partial charge on any atom is -0.480 e. The summed E-state index contributed by atoms with van der Waals surface area (Å²) in [6, 6.07) is 17.0. The van der Waals surface area contributed by atoms with E-state index in [1.54, 1.807) is 14.7 Å². The van der Waals surface area contributed by atoms with Crippen LogP contribution in [0.4, 0.5) is 19.2 Å². The van der Waals surface area contributed by atoms with E-state index in [1.165, 1.54) is 15.0 Å². The molecule has 6 fully saturated rings. The van der Waals surface area contributed by atoms with Gasteiger partial charge >= 0.3 is 30.2 Å². The van der Waals surface area contributed by atoms with Crippen LogP contribution in [0.1, 0.15) is 117 Å². The Morgan fingerprint density at radius 1 is 0.620 bits per heavy atom. The van der Waals surface area contributed by atoms with Crippen LogP contribution in [0.2, 0.25) is 0 Å². The van der Waals surface area contributed by atoms with Crippen LogP contribution in [0.25, 0.3) is 0 Å². The van der Waals surface area contributed by atoms with Crippen molar-refractivity contribution in [2.24, 2.45) is 5.90 Å². The molecule has 2 aromatic carbocycles. The summed E-state index contributed by atoms with van der Waals surface area (Å²) in [6.07, 6.45) is 7.42. The number of nitrogens with two attached hydrogens (primary N) is 1. The van der Waals surface area contributed by atoms with Gasteiger partial charge in [-0.3, -0.25) is 19.3 Å². The maximum absolute atomic E-state index is 12.9. The van der Waals surface area contributed by atoms with Crippen molar-refractivity contribution >= 4 is 36.1 Å². The van der Waals surface area contributed by atoms with Crippen LogP contribution in [0.15, 0.2) is 60.7 Å². The first-order chi connectivity index (χ1) is 33.8. The number of amides is 7. The van der Waals surface area contributed by atoms with Crippen molar-refractivity contribution in [3.63, 3.8) is 0 Å². The van der Waals surface area contributed by atoms with Gasteiger partial charge in [-0.25, -0.2) is 35.3 Å². The monoisotopic (exact) mass is 995 g/mol. The number of nitrogens with zero attached hydrogens (tertiary/aromatic N) is 6. The summed E-state index contributed by atoms with van der Waals surface area (Å²) in [4.78, 5) is 101. The molecule has 8 rings (SSSR count). The number of nitrogens with one attached hydrogen (secondary N) is 1. The highest BCUT2D eigenvalue weighted by molar-refractivity contribution is 5.88. The molecule has 0 aliphatic carbocycles. The number of carbonyl (C=O) groups excluding carboxylic acids is 5. The highest BCUT2D eigenvalue weighted by atomic mass is 16.7. The molecule has 0 spiro atoms. The maximum atomic E-state index is 12.9. The zero-order valence-electron chi connectivity index (χ0n) is 42.1. The normalized spacial score (nSPS) is 24.1. The number of urea groups is 2. The third-order valence-corrected chi connectivity index (χ3v) is 12.9. The van der Waals surface area contributed by atoms with Gasteiger partial charge in [0.25, 0.3) is 5.91 Å². The molecule has 6 atom stereocenters. The highest BCUT2D eigenvalue weighted by Crippen LogP contribution is 2.32. The molecule has 21 nitrogen and oxygen atoms in total. The second-order valence-corrected chi connectivity index (χ2v) is 20.6. The third-order valence-electron chi connectivity index (χ3n) is 12.9. The fourth-order valence-corrected chi connectivity index (χ4v) is 9.42. The Labute approximate surface area is 416 Å². The molecular formula is C50H74N8O13. The number of hydroxylamine groups is 5. The average Bonchev–Trinajstić information content (AvgIpc) is 3.71. The van der Waals surface area contributed by atoms with Crippen LogP contribution in [-0.4, -0.2) is 158 Å². The van der Waals surface area contributed by atoms with Crippen molar-refractivity contribution in [3.05, 3.63) is 71.8 Å². The number of likely N-dealkylation sites (tertiary alicyclic amines) is 2. The number of benzene rings is 2. The number of hydrogen-bond donors (Lipinski definition) is 3. The summed E-state index contributed by atoms with van der Waals surface area (Å²) in [5.74, 6) is 3.77. The van der Waals surface area contributed by atoms with E-state index in [0.29, 0.717) is 65.1 Å². The van der Waals surface area contributed by atoms with Crippen LogP contribution in [0.5, 0.6) is 0 Å². The lowest BCUT2D eigenvalue weighted by Gasteiger charge is -2.36. The van der Waals surface area contributed by atoms with E-state index in [-0.39, 0.29) is 60.9 Å². The number of piperidine rings is 4. The largest absolute Gasteiger partial charge is 0.480 e. The molecule has 0 unspecified atom stereocenters. The molecule has 0 saturated carbocycles. The highest BCUT2D eigenvalue weighted by Gasteiger charge is 2.49. The summed E-state index contributed by atoms with van der Waals surface area (Å²) < 4.78 is 10.9. The lowest BCUT2D eigenvalue weighted by Crippen LogP contribution is -2.52. The molecule has 21 heteroatoms. The van der Waals surface area contributed by atoms with Gasteiger partial charge in [0, 0.05) is 26.2 Å². The molecule has 6 aliphatic heterocycles. The van der Waals surface area contributed by atoms with E-state index in [2.05, 4.69) is 10.3 Å². The molecule has 0 aromatic heterocycles. The van der Waals surface area contributed by atoms with Gasteiger partial charge in [-0.1, -0.05) is 60.7 Å². The number of carbonyl (C=O) groups is 6. The van der Waals surface area contributed by atoms with Crippen molar-refractivity contribution in [1.82, 2.24) is 35.2 Å². The van der Waals surface area contributed by atoms with Gasteiger partial charge in [0.1, 0.15) is 36.5 Å². The van der Waals surface area contributed by atoms with Crippen LogP contribution in [-0.2, 0) is 51.6 Å². The Balaban J connectivity index is 0.000000193. The first kappa shape index (κ1) is 54.6. The summed E-state index contributed by atoms with van der Waals surface area (Å²) in [6.45, 7) is 14.5. The van der Waals surface area contributed by atoms with Crippen molar-refractivity contribution in [2.45, 2.75) is 166 Å². The molecule has 7 amide bonds. The molecule has 6 aliphatic rings. The van der Waals surface area contributed by atoms with E-state index < -0.39 is 29.3 Å². The Kier molecular flexibility index (Phi) is 19.3. The fourth-order valence-electron chi connectivity index (χ4n) is 9.42. The molecule has 0 radical (unpaired) electrons. The van der Waals surface area contributed by atoms with Gasteiger partial charge in [-0.05, 0) is 117 Å². The molecule has 6 heterocycles. The number of hydrogen-bond acceptors (Lipinski definition) is 13. The summed E-state index contributed by atoms with van der Waals surface area (Å²) >= 11 is 0. The second kappa shape index (κ2) is 25.1.